The molecule has 2 unspecified atom stereocenters. The number of fused-ring (bicyclic) bond motifs is 1. The lowest BCUT2D eigenvalue weighted by molar-refractivity contribution is -0.112. The van der Waals surface area contributed by atoms with Crippen molar-refractivity contribution in [1.82, 2.24) is 10.2 Å². The van der Waals surface area contributed by atoms with Gasteiger partial charge >= 0.3 is 0 Å². The Morgan fingerprint density at radius 2 is 1.91 bits per heavy atom. The number of likely N-dealkylation sites (tertiary alicyclic amines) is 1. The summed E-state index contributed by atoms with van der Waals surface area (Å²) in [5, 5.41) is 5.96. The zero-order valence-corrected chi connectivity index (χ0v) is 19.6. The SMILES string of the molecule is CC1CCCC(C)N1CCCNC(=O)c1ccc2c(c1)NC(=O)C(=Cc1ccccc1)S2. The van der Waals surface area contributed by atoms with Crippen LogP contribution in [0, 0.1) is 0 Å². The van der Waals surface area contributed by atoms with E-state index in [2.05, 4.69) is 29.4 Å². The highest BCUT2D eigenvalue weighted by atomic mass is 32.2. The Hall–Kier alpha value is -2.57. The number of anilines is 1. The minimum atomic E-state index is -0.145. The molecule has 0 bridgehead atoms. The summed E-state index contributed by atoms with van der Waals surface area (Å²) in [5.41, 5.74) is 2.24. The molecule has 32 heavy (non-hydrogen) atoms. The summed E-state index contributed by atoms with van der Waals surface area (Å²) in [6, 6.07) is 16.5. The number of thioether (sulfide) groups is 1. The third-order valence-corrected chi connectivity index (χ3v) is 7.38. The smallest absolute Gasteiger partial charge is 0.262 e. The van der Waals surface area contributed by atoms with Gasteiger partial charge in [0.15, 0.2) is 0 Å². The molecule has 0 aromatic heterocycles. The third kappa shape index (κ3) is 5.43. The van der Waals surface area contributed by atoms with Gasteiger partial charge in [-0.05, 0) is 62.9 Å². The second-order valence-electron chi connectivity index (χ2n) is 8.66. The summed E-state index contributed by atoms with van der Waals surface area (Å²) in [4.78, 5) is 29.3. The van der Waals surface area contributed by atoms with Gasteiger partial charge in [-0.25, -0.2) is 0 Å². The van der Waals surface area contributed by atoms with Gasteiger partial charge in [0.2, 0.25) is 0 Å². The number of benzene rings is 2. The Morgan fingerprint density at radius 3 is 2.66 bits per heavy atom. The second kappa shape index (κ2) is 10.4. The lowest BCUT2D eigenvalue weighted by Gasteiger charge is -2.39. The molecule has 0 radical (unpaired) electrons. The largest absolute Gasteiger partial charge is 0.352 e. The Morgan fingerprint density at radius 1 is 1.16 bits per heavy atom. The van der Waals surface area contributed by atoms with Crippen molar-refractivity contribution in [3.63, 3.8) is 0 Å². The van der Waals surface area contributed by atoms with Crippen LogP contribution in [0.2, 0.25) is 0 Å². The van der Waals surface area contributed by atoms with Crippen molar-refractivity contribution in [3.05, 3.63) is 64.6 Å². The van der Waals surface area contributed by atoms with Gasteiger partial charge in [0.25, 0.3) is 11.8 Å². The molecular weight excluding hydrogens is 418 g/mol. The standard InChI is InChI=1S/C26H31N3O2S/c1-18-8-6-9-19(2)29(18)15-7-14-27-25(30)21-12-13-23-22(17-21)28-26(31)24(32-23)16-20-10-4-3-5-11-20/h3-5,10-13,16-19H,6-9,14-15H2,1-2H3,(H,27,30)(H,28,31). The topological polar surface area (TPSA) is 61.4 Å². The highest BCUT2D eigenvalue weighted by molar-refractivity contribution is 8.04. The molecule has 168 valence electrons. The molecule has 2 amide bonds. The molecule has 2 aromatic rings. The molecule has 0 saturated carbocycles. The van der Waals surface area contributed by atoms with Crippen LogP contribution in [0.3, 0.4) is 0 Å². The number of carbonyl (C=O) groups is 2. The van der Waals surface area contributed by atoms with Gasteiger partial charge in [0.1, 0.15) is 0 Å². The first kappa shape index (κ1) is 22.6. The number of amides is 2. The van der Waals surface area contributed by atoms with Crippen molar-refractivity contribution < 1.29 is 9.59 Å². The van der Waals surface area contributed by atoms with Crippen molar-refractivity contribution in [3.8, 4) is 0 Å². The van der Waals surface area contributed by atoms with E-state index in [1.54, 1.807) is 6.07 Å². The fourth-order valence-corrected chi connectivity index (χ4v) is 5.42. The number of piperidine rings is 1. The zero-order chi connectivity index (χ0) is 22.5. The monoisotopic (exact) mass is 449 g/mol. The van der Waals surface area contributed by atoms with E-state index in [1.165, 1.54) is 31.0 Å². The molecule has 1 saturated heterocycles. The summed E-state index contributed by atoms with van der Waals surface area (Å²) in [6.45, 7) is 6.26. The molecule has 0 spiro atoms. The van der Waals surface area contributed by atoms with Crippen LogP contribution in [0.5, 0.6) is 0 Å². The fourth-order valence-electron chi connectivity index (χ4n) is 4.48. The lowest BCUT2D eigenvalue weighted by atomic mass is 9.97. The second-order valence-corrected chi connectivity index (χ2v) is 9.75. The quantitative estimate of drug-likeness (QED) is 0.473. The van der Waals surface area contributed by atoms with Crippen LogP contribution in [0.25, 0.3) is 6.08 Å². The normalized spacial score (nSPS) is 22.3. The first-order valence-electron chi connectivity index (χ1n) is 11.4. The van der Waals surface area contributed by atoms with Gasteiger partial charge in [0.05, 0.1) is 10.6 Å². The first-order chi connectivity index (χ1) is 15.5. The van der Waals surface area contributed by atoms with Gasteiger partial charge in [-0.3, -0.25) is 14.5 Å². The highest BCUT2D eigenvalue weighted by Gasteiger charge is 2.24. The van der Waals surface area contributed by atoms with E-state index in [0.717, 1.165) is 23.4 Å². The number of nitrogens with one attached hydrogen (secondary N) is 2. The summed E-state index contributed by atoms with van der Waals surface area (Å²) < 4.78 is 0. The van der Waals surface area contributed by atoms with Crippen molar-refractivity contribution in [2.24, 2.45) is 0 Å². The number of carbonyl (C=O) groups excluding carboxylic acids is 2. The molecule has 2 aliphatic heterocycles. The van der Waals surface area contributed by atoms with Gasteiger partial charge in [-0.2, -0.15) is 0 Å². The maximum absolute atomic E-state index is 12.6. The van der Waals surface area contributed by atoms with Crippen molar-refractivity contribution in [2.75, 3.05) is 18.4 Å². The lowest BCUT2D eigenvalue weighted by Crippen LogP contribution is -2.44. The van der Waals surface area contributed by atoms with E-state index in [0.29, 0.717) is 34.8 Å². The van der Waals surface area contributed by atoms with E-state index < -0.39 is 0 Å². The average Bonchev–Trinajstić information content (AvgIpc) is 2.79. The summed E-state index contributed by atoms with van der Waals surface area (Å²) >= 11 is 1.43. The molecule has 0 aliphatic carbocycles. The molecule has 2 aliphatic rings. The molecule has 5 nitrogen and oxygen atoms in total. The summed E-state index contributed by atoms with van der Waals surface area (Å²) in [7, 11) is 0. The van der Waals surface area contributed by atoms with Crippen molar-refractivity contribution in [2.45, 2.75) is 56.5 Å². The average molecular weight is 450 g/mol. The Kier molecular flexibility index (Phi) is 7.33. The minimum Gasteiger partial charge on any atom is -0.352 e. The molecule has 2 N–H and O–H groups in total. The maximum Gasteiger partial charge on any atom is 0.262 e. The molecule has 1 fully saturated rings. The molecule has 6 heteroatoms. The van der Waals surface area contributed by atoms with Crippen LogP contribution < -0.4 is 10.6 Å². The third-order valence-electron chi connectivity index (χ3n) is 6.29. The Labute approximate surface area is 194 Å². The molecule has 2 atom stereocenters. The minimum absolute atomic E-state index is 0.0996. The summed E-state index contributed by atoms with van der Waals surface area (Å²) in [5.74, 6) is -0.244. The predicted molar refractivity (Wildman–Crippen MR) is 132 cm³/mol. The van der Waals surface area contributed by atoms with Gasteiger partial charge in [0, 0.05) is 35.6 Å². The maximum atomic E-state index is 12.6. The Bertz CT molecular complexity index is 995. The van der Waals surface area contributed by atoms with E-state index in [4.69, 9.17) is 0 Å². The van der Waals surface area contributed by atoms with Gasteiger partial charge in [-0.1, -0.05) is 48.5 Å². The van der Waals surface area contributed by atoms with Crippen LogP contribution >= 0.6 is 11.8 Å². The van der Waals surface area contributed by atoms with Crippen LogP contribution in [-0.4, -0.2) is 41.9 Å². The summed E-state index contributed by atoms with van der Waals surface area (Å²) in [6.07, 6.45) is 6.65. The van der Waals surface area contributed by atoms with E-state index >= 15 is 0 Å². The van der Waals surface area contributed by atoms with Crippen molar-refractivity contribution in [1.29, 1.82) is 0 Å². The molecule has 2 aromatic carbocycles. The number of rotatable bonds is 6. The Balaban J connectivity index is 1.33. The first-order valence-corrected chi connectivity index (χ1v) is 12.3. The molecule has 4 rings (SSSR count). The van der Waals surface area contributed by atoms with Gasteiger partial charge in [-0.15, -0.1) is 0 Å². The number of nitrogens with zero attached hydrogens (tertiary/aromatic N) is 1. The van der Waals surface area contributed by atoms with Crippen LogP contribution in [-0.2, 0) is 4.79 Å². The molecular formula is C26H31N3O2S. The highest BCUT2D eigenvalue weighted by Crippen LogP contribution is 2.39. The predicted octanol–water partition coefficient (Wildman–Crippen LogP) is 5.15. The van der Waals surface area contributed by atoms with E-state index in [9.17, 15) is 9.59 Å². The fraction of sp³-hybridized carbons (Fsp3) is 0.385. The number of hydrogen-bond donors (Lipinski definition) is 2. The van der Waals surface area contributed by atoms with E-state index in [1.807, 2.05) is 48.5 Å². The van der Waals surface area contributed by atoms with E-state index in [-0.39, 0.29) is 11.8 Å². The number of hydrogen-bond acceptors (Lipinski definition) is 4. The van der Waals surface area contributed by atoms with Gasteiger partial charge < -0.3 is 10.6 Å². The zero-order valence-electron chi connectivity index (χ0n) is 18.8. The molecule has 2 heterocycles. The van der Waals surface area contributed by atoms with Crippen LogP contribution in [0.15, 0.2) is 58.3 Å². The van der Waals surface area contributed by atoms with Crippen LogP contribution in [0.1, 0.15) is 55.5 Å². The van der Waals surface area contributed by atoms with Crippen LogP contribution in [0.4, 0.5) is 5.69 Å². The van der Waals surface area contributed by atoms with Crippen molar-refractivity contribution >= 4 is 35.3 Å².